The van der Waals surface area contributed by atoms with Crippen molar-refractivity contribution < 1.29 is 14.0 Å². The predicted molar refractivity (Wildman–Crippen MR) is 105 cm³/mol. The average molecular weight is 379 g/mol. The van der Waals surface area contributed by atoms with Gasteiger partial charge in [-0.1, -0.05) is 6.07 Å². The molecule has 3 rings (SSSR count). The van der Waals surface area contributed by atoms with Gasteiger partial charge in [-0.2, -0.15) is 0 Å². The summed E-state index contributed by atoms with van der Waals surface area (Å²) in [5, 5.41) is 8.38. The van der Waals surface area contributed by atoms with E-state index in [1.54, 1.807) is 37.3 Å². The number of amides is 2. The minimum absolute atomic E-state index is 0.164. The van der Waals surface area contributed by atoms with Crippen molar-refractivity contribution in [2.75, 3.05) is 16.0 Å². The Morgan fingerprint density at radius 2 is 1.61 bits per heavy atom. The molecule has 0 saturated heterocycles. The molecule has 0 radical (unpaired) electrons. The molecular weight excluding hydrogens is 361 g/mol. The first-order valence-corrected chi connectivity index (χ1v) is 8.46. The second-order valence-corrected chi connectivity index (χ2v) is 6.07. The van der Waals surface area contributed by atoms with Crippen LogP contribution in [0.1, 0.15) is 23.1 Å². The van der Waals surface area contributed by atoms with E-state index in [1.165, 1.54) is 31.2 Å². The fourth-order valence-electron chi connectivity index (χ4n) is 2.48. The van der Waals surface area contributed by atoms with E-state index in [4.69, 9.17) is 0 Å². The number of aromatic nitrogens is 2. The normalized spacial score (nSPS) is 10.2. The van der Waals surface area contributed by atoms with Crippen LogP contribution in [0.4, 0.5) is 27.4 Å². The van der Waals surface area contributed by atoms with Crippen molar-refractivity contribution in [3.63, 3.8) is 0 Å². The summed E-state index contributed by atoms with van der Waals surface area (Å²) in [6, 6.07) is 14.0. The third-order valence-electron chi connectivity index (χ3n) is 3.63. The molecule has 0 saturated carbocycles. The summed E-state index contributed by atoms with van der Waals surface area (Å²) < 4.78 is 13.0. The van der Waals surface area contributed by atoms with E-state index in [1.807, 2.05) is 0 Å². The molecule has 7 nitrogen and oxygen atoms in total. The lowest BCUT2D eigenvalue weighted by molar-refractivity contribution is -0.114. The van der Waals surface area contributed by atoms with Crippen molar-refractivity contribution in [3.05, 3.63) is 71.8 Å². The van der Waals surface area contributed by atoms with E-state index in [-0.39, 0.29) is 23.4 Å². The Bertz CT molecular complexity index is 1020. The van der Waals surface area contributed by atoms with Gasteiger partial charge in [0.1, 0.15) is 11.5 Å². The third-order valence-corrected chi connectivity index (χ3v) is 3.63. The number of anilines is 4. The van der Waals surface area contributed by atoms with Gasteiger partial charge >= 0.3 is 0 Å². The molecule has 0 unspecified atom stereocenters. The molecule has 0 aliphatic heterocycles. The van der Waals surface area contributed by atoms with Gasteiger partial charge in [0.05, 0.1) is 0 Å². The summed E-state index contributed by atoms with van der Waals surface area (Å²) in [6.45, 7) is 3.17. The minimum Gasteiger partial charge on any atom is -0.326 e. The second kappa shape index (κ2) is 8.26. The quantitative estimate of drug-likeness (QED) is 0.625. The summed E-state index contributed by atoms with van der Waals surface area (Å²) in [7, 11) is 0. The smallest absolute Gasteiger partial charge is 0.274 e. The number of carbonyl (C=O) groups is 2. The van der Waals surface area contributed by atoms with Gasteiger partial charge in [0.15, 0.2) is 0 Å². The molecule has 0 atom stereocenters. The molecule has 1 heterocycles. The lowest BCUT2D eigenvalue weighted by Crippen LogP contribution is -2.15. The van der Waals surface area contributed by atoms with Crippen LogP contribution >= 0.6 is 0 Å². The van der Waals surface area contributed by atoms with E-state index >= 15 is 0 Å². The first-order valence-electron chi connectivity index (χ1n) is 8.46. The number of hydrogen-bond acceptors (Lipinski definition) is 5. The van der Waals surface area contributed by atoms with E-state index in [0.29, 0.717) is 22.8 Å². The molecule has 2 amide bonds. The van der Waals surface area contributed by atoms with E-state index in [9.17, 15) is 14.0 Å². The Morgan fingerprint density at radius 3 is 2.32 bits per heavy atom. The van der Waals surface area contributed by atoms with Gasteiger partial charge in [0.25, 0.3) is 5.91 Å². The Labute approximate surface area is 161 Å². The van der Waals surface area contributed by atoms with Crippen LogP contribution < -0.4 is 16.0 Å². The van der Waals surface area contributed by atoms with Crippen LogP contribution in [0.5, 0.6) is 0 Å². The van der Waals surface area contributed by atoms with Gasteiger partial charge in [-0.15, -0.1) is 0 Å². The van der Waals surface area contributed by atoms with E-state index < -0.39 is 5.91 Å². The van der Waals surface area contributed by atoms with Gasteiger partial charge < -0.3 is 16.0 Å². The number of nitrogens with one attached hydrogen (secondary N) is 3. The molecule has 8 heteroatoms. The molecule has 0 aliphatic carbocycles. The summed E-state index contributed by atoms with van der Waals surface area (Å²) in [5.41, 5.74) is 2.50. The van der Waals surface area contributed by atoms with Crippen molar-refractivity contribution in [1.29, 1.82) is 0 Å². The third kappa shape index (κ3) is 5.10. The maximum absolute atomic E-state index is 13.0. The summed E-state index contributed by atoms with van der Waals surface area (Å²) >= 11 is 0. The van der Waals surface area contributed by atoms with E-state index in [2.05, 4.69) is 25.9 Å². The molecule has 142 valence electrons. The Hall–Kier alpha value is -3.81. The van der Waals surface area contributed by atoms with Gasteiger partial charge in [-0.05, 0) is 55.5 Å². The fourth-order valence-corrected chi connectivity index (χ4v) is 2.48. The highest BCUT2D eigenvalue weighted by atomic mass is 19.1. The minimum atomic E-state index is -0.438. The van der Waals surface area contributed by atoms with Crippen LogP contribution in [0.3, 0.4) is 0 Å². The van der Waals surface area contributed by atoms with Crippen molar-refractivity contribution in [1.82, 2.24) is 9.97 Å². The molecule has 0 spiro atoms. The highest BCUT2D eigenvalue weighted by molar-refractivity contribution is 6.03. The van der Waals surface area contributed by atoms with Crippen molar-refractivity contribution in [3.8, 4) is 0 Å². The van der Waals surface area contributed by atoms with Crippen LogP contribution in [-0.4, -0.2) is 21.8 Å². The molecule has 3 N–H and O–H groups in total. The van der Waals surface area contributed by atoms with Crippen LogP contribution in [0, 0.1) is 12.7 Å². The maximum Gasteiger partial charge on any atom is 0.274 e. The Balaban J connectivity index is 1.78. The van der Waals surface area contributed by atoms with Gasteiger partial charge in [-0.25, -0.2) is 14.4 Å². The Morgan fingerprint density at radius 1 is 0.893 bits per heavy atom. The molecule has 0 aliphatic rings. The lowest BCUT2D eigenvalue weighted by atomic mass is 10.2. The average Bonchev–Trinajstić information content (AvgIpc) is 2.63. The zero-order chi connectivity index (χ0) is 20.1. The van der Waals surface area contributed by atoms with Crippen molar-refractivity contribution in [2.45, 2.75) is 13.8 Å². The fraction of sp³-hybridized carbons (Fsp3) is 0.100. The number of rotatable bonds is 5. The second-order valence-electron chi connectivity index (χ2n) is 6.07. The number of nitrogens with zero attached hydrogens (tertiary/aromatic N) is 2. The largest absolute Gasteiger partial charge is 0.326 e. The monoisotopic (exact) mass is 379 g/mol. The van der Waals surface area contributed by atoms with Crippen molar-refractivity contribution >= 4 is 34.8 Å². The molecular formula is C20H18FN5O2. The van der Waals surface area contributed by atoms with E-state index in [0.717, 1.165) is 0 Å². The van der Waals surface area contributed by atoms with Gasteiger partial charge in [-0.3, -0.25) is 9.59 Å². The summed E-state index contributed by atoms with van der Waals surface area (Å²) in [6.07, 6.45) is 0. The van der Waals surface area contributed by atoms with Crippen LogP contribution in [0.15, 0.2) is 54.6 Å². The zero-order valence-electron chi connectivity index (χ0n) is 15.3. The molecule has 2 aromatic carbocycles. The molecule has 0 bridgehead atoms. The highest BCUT2D eigenvalue weighted by Gasteiger charge is 2.12. The zero-order valence-corrected chi connectivity index (χ0v) is 15.3. The Kier molecular flexibility index (Phi) is 5.59. The van der Waals surface area contributed by atoms with Gasteiger partial charge in [0, 0.05) is 29.7 Å². The van der Waals surface area contributed by atoms with Crippen LogP contribution in [-0.2, 0) is 4.79 Å². The summed E-state index contributed by atoms with van der Waals surface area (Å²) in [4.78, 5) is 32.2. The molecule has 1 aromatic heterocycles. The standard InChI is InChI=1S/C20H18FN5O2/c1-12-10-18(19(28)24-15-8-6-14(21)7-9-15)26-20(22-12)25-17-5-3-4-16(11-17)23-13(2)27/h3-11H,1-2H3,(H,23,27)(H,24,28)(H,22,25,26). The molecule has 28 heavy (non-hydrogen) atoms. The summed E-state index contributed by atoms with van der Waals surface area (Å²) in [5.74, 6) is -0.760. The van der Waals surface area contributed by atoms with Crippen LogP contribution in [0.25, 0.3) is 0 Å². The first kappa shape index (κ1) is 19.0. The number of benzene rings is 2. The van der Waals surface area contributed by atoms with Crippen molar-refractivity contribution in [2.24, 2.45) is 0 Å². The number of hydrogen-bond donors (Lipinski definition) is 3. The SMILES string of the molecule is CC(=O)Nc1cccc(Nc2nc(C)cc(C(=O)Nc3ccc(F)cc3)n2)c1. The van der Waals surface area contributed by atoms with Gasteiger partial charge in [0.2, 0.25) is 11.9 Å². The van der Waals surface area contributed by atoms with Crippen LogP contribution in [0.2, 0.25) is 0 Å². The number of aryl methyl sites for hydroxylation is 1. The number of carbonyl (C=O) groups excluding carboxylic acids is 2. The highest BCUT2D eigenvalue weighted by Crippen LogP contribution is 2.19. The first-order chi connectivity index (χ1) is 13.4. The maximum atomic E-state index is 13.0. The predicted octanol–water partition coefficient (Wildman–Crippen LogP) is 3.88. The topological polar surface area (TPSA) is 96.0 Å². The number of halogens is 1. The molecule has 0 fully saturated rings. The lowest BCUT2D eigenvalue weighted by Gasteiger charge is -2.10. The molecule has 3 aromatic rings.